The third-order valence-corrected chi connectivity index (χ3v) is 7.57. The van der Waals surface area contributed by atoms with Gasteiger partial charge < -0.3 is 19.5 Å². The van der Waals surface area contributed by atoms with Gasteiger partial charge in [-0.25, -0.2) is 0 Å². The van der Waals surface area contributed by atoms with Gasteiger partial charge in [-0.1, -0.05) is 47.0 Å². The highest BCUT2D eigenvalue weighted by Gasteiger charge is 2.42. The summed E-state index contributed by atoms with van der Waals surface area (Å²) in [5.41, 5.74) is 4.84. The van der Waals surface area contributed by atoms with Crippen molar-refractivity contribution < 1.29 is 4.74 Å². The first-order chi connectivity index (χ1) is 19.0. The van der Waals surface area contributed by atoms with Crippen molar-refractivity contribution in [3.8, 4) is 17.2 Å². The third kappa shape index (κ3) is 5.11. The van der Waals surface area contributed by atoms with Gasteiger partial charge in [0.15, 0.2) is 5.11 Å². The van der Waals surface area contributed by atoms with Crippen LogP contribution in [0.2, 0.25) is 10.0 Å². The van der Waals surface area contributed by atoms with Crippen molar-refractivity contribution in [2.24, 2.45) is 0 Å². The Hall–Kier alpha value is -3.84. The Morgan fingerprint density at radius 3 is 2.31 bits per heavy atom. The maximum absolute atomic E-state index is 6.64. The van der Waals surface area contributed by atoms with E-state index in [0.717, 1.165) is 34.3 Å². The molecule has 8 heteroatoms. The predicted molar refractivity (Wildman–Crippen MR) is 161 cm³/mol. The minimum Gasteiger partial charge on any atom is -0.457 e. The molecule has 3 aromatic carbocycles. The number of pyridine rings is 1. The van der Waals surface area contributed by atoms with E-state index in [1.54, 1.807) is 12.3 Å². The Balaban J connectivity index is 1.40. The first-order valence-electron chi connectivity index (χ1n) is 12.5. The fourth-order valence-corrected chi connectivity index (χ4v) is 5.73. The molecule has 1 saturated heterocycles. The van der Waals surface area contributed by atoms with E-state index in [1.807, 2.05) is 91.1 Å². The summed E-state index contributed by atoms with van der Waals surface area (Å²) in [6, 6.07) is 31.1. The van der Waals surface area contributed by atoms with Crippen molar-refractivity contribution in [2.75, 3.05) is 4.90 Å². The van der Waals surface area contributed by atoms with Crippen molar-refractivity contribution in [3.63, 3.8) is 0 Å². The number of aryl methyl sites for hydroxylation is 1. The lowest BCUT2D eigenvalue weighted by Gasteiger charge is -2.29. The molecule has 2 aromatic heterocycles. The molecule has 1 aliphatic heterocycles. The van der Waals surface area contributed by atoms with Crippen LogP contribution in [0.3, 0.4) is 0 Å². The summed E-state index contributed by atoms with van der Waals surface area (Å²) in [7, 11) is 0. The first-order valence-corrected chi connectivity index (χ1v) is 13.6. The van der Waals surface area contributed by atoms with Crippen molar-refractivity contribution in [1.29, 1.82) is 0 Å². The fraction of sp³-hybridized carbons (Fsp3) is 0.0968. The number of nitrogens with one attached hydrogen (secondary N) is 1. The second-order valence-corrected chi connectivity index (χ2v) is 10.5. The van der Waals surface area contributed by atoms with Gasteiger partial charge in [0, 0.05) is 28.8 Å². The van der Waals surface area contributed by atoms with Gasteiger partial charge in [0.1, 0.15) is 17.5 Å². The van der Waals surface area contributed by atoms with E-state index in [9.17, 15) is 0 Å². The topological polar surface area (TPSA) is 42.3 Å². The zero-order valence-corrected chi connectivity index (χ0v) is 23.3. The van der Waals surface area contributed by atoms with Gasteiger partial charge in [0.25, 0.3) is 0 Å². The molecule has 0 spiro atoms. The lowest BCUT2D eigenvalue weighted by atomic mass is 10.0. The van der Waals surface area contributed by atoms with Crippen LogP contribution < -0.4 is 15.0 Å². The molecular formula is C31H24Cl2N4OS. The molecule has 5 nitrogen and oxygen atoms in total. The van der Waals surface area contributed by atoms with Crippen LogP contribution in [0, 0.1) is 6.92 Å². The van der Waals surface area contributed by atoms with Crippen molar-refractivity contribution >= 4 is 46.2 Å². The Morgan fingerprint density at radius 1 is 0.872 bits per heavy atom. The van der Waals surface area contributed by atoms with E-state index < -0.39 is 0 Å². The molecule has 5 aromatic rings. The lowest BCUT2D eigenvalue weighted by Crippen LogP contribution is -2.30. The van der Waals surface area contributed by atoms with Crippen molar-refractivity contribution in [1.82, 2.24) is 14.9 Å². The molecule has 1 fully saturated rings. The molecular weight excluding hydrogens is 547 g/mol. The number of rotatable bonds is 6. The second-order valence-electron chi connectivity index (χ2n) is 9.30. The normalized spacial score (nSPS) is 16.8. The average Bonchev–Trinajstić information content (AvgIpc) is 3.55. The molecule has 0 bridgehead atoms. The summed E-state index contributed by atoms with van der Waals surface area (Å²) in [6.07, 6.45) is 3.80. The number of ether oxygens (including phenoxy) is 1. The van der Waals surface area contributed by atoms with E-state index in [4.69, 9.17) is 40.2 Å². The Labute approximate surface area is 242 Å². The number of hydrogen-bond acceptors (Lipinski definition) is 3. The molecule has 6 rings (SSSR count). The van der Waals surface area contributed by atoms with Gasteiger partial charge in [-0.2, -0.15) is 0 Å². The summed E-state index contributed by atoms with van der Waals surface area (Å²) in [5.74, 6) is 1.53. The van der Waals surface area contributed by atoms with E-state index >= 15 is 0 Å². The lowest BCUT2D eigenvalue weighted by molar-refractivity contribution is 0.482. The summed E-state index contributed by atoms with van der Waals surface area (Å²) < 4.78 is 8.14. The van der Waals surface area contributed by atoms with Gasteiger partial charge in [0.05, 0.1) is 22.4 Å². The number of thiocarbonyl (C=S) groups is 1. The SMILES string of the molecule is Cc1ccc(Oc2ccc(N3C(=S)NC(c4ccccn4)C3c3cccn3-c3ccc(Cl)cc3Cl)cc2)cc1. The van der Waals surface area contributed by atoms with Gasteiger partial charge in [-0.3, -0.25) is 4.98 Å². The molecule has 0 radical (unpaired) electrons. The molecule has 1 aliphatic rings. The number of anilines is 1. The standard InChI is InChI=1S/C31H24Cl2N4OS/c1-20-7-12-23(13-8-20)38-24-14-10-22(11-15-24)37-30(29(35-31(37)39)26-5-2-3-17-34-26)28-6-4-18-36(28)27-16-9-21(32)19-25(27)33/h2-19,29-30H,1H3,(H,35,39). The van der Waals surface area contributed by atoms with E-state index in [0.29, 0.717) is 15.2 Å². The average molecular weight is 572 g/mol. The van der Waals surface area contributed by atoms with Crippen molar-refractivity contribution in [2.45, 2.75) is 19.0 Å². The van der Waals surface area contributed by atoms with Crippen LogP contribution in [0.5, 0.6) is 11.5 Å². The highest BCUT2D eigenvalue weighted by atomic mass is 35.5. The van der Waals surface area contributed by atoms with Crippen LogP contribution in [-0.2, 0) is 0 Å². The first kappa shape index (κ1) is 25.4. The van der Waals surface area contributed by atoms with Gasteiger partial charge in [0.2, 0.25) is 0 Å². The molecule has 3 heterocycles. The second kappa shape index (κ2) is 10.7. The van der Waals surface area contributed by atoms with E-state index in [2.05, 4.69) is 32.8 Å². The fourth-order valence-electron chi connectivity index (χ4n) is 4.88. The number of hydrogen-bond donors (Lipinski definition) is 1. The maximum atomic E-state index is 6.64. The molecule has 0 aliphatic carbocycles. The summed E-state index contributed by atoms with van der Waals surface area (Å²) in [6.45, 7) is 2.05. The minimum atomic E-state index is -0.210. The van der Waals surface area contributed by atoms with Crippen LogP contribution in [0.25, 0.3) is 5.69 Å². The molecule has 0 amide bonds. The zero-order chi connectivity index (χ0) is 26.9. The van der Waals surface area contributed by atoms with Gasteiger partial charge in [-0.15, -0.1) is 0 Å². The summed E-state index contributed by atoms with van der Waals surface area (Å²) in [5, 5.41) is 5.27. The number of nitrogens with zero attached hydrogens (tertiary/aromatic N) is 3. The molecule has 194 valence electrons. The van der Waals surface area contributed by atoms with Crippen LogP contribution >= 0.6 is 35.4 Å². The predicted octanol–water partition coefficient (Wildman–Crippen LogP) is 8.46. The van der Waals surface area contributed by atoms with Crippen LogP contribution in [0.1, 0.15) is 29.0 Å². The number of halogens is 2. The van der Waals surface area contributed by atoms with Gasteiger partial charge >= 0.3 is 0 Å². The molecule has 0 saturated carbocycles. The summed E-state index contributed by atoms with van der Waals surface area (Å²) >= 11 is 18.7. The molecule has 1 N–H and O–H groups in total. The van der Waals surface area contributed by atoms with E-state index in [-0.39, 0.29) is 12.1 Å². The van der Waals surface area contributed by atoms with Crippen LogP contribution in [0.15, 0.2) is 109 Å². The smallest absolute Gasteiger partial charge is 0.174 e. The molecule has 2 atom stereocenters. The largest absolute Gasteiger partial charge is 0.457 e. The highest BCUT2D eigenvalue weighted by molar-refractivity contribution is 7.80. The zero-order valence-electron chi connectivity index (χ0n) is 21.0. The molecule has 2 unspecified atom stereocenters. The molecule has 39 heavy (non-hydrogen) atoms. The number of aromatic nitrogens is 2. The third-order valence-electron chi connectivity index (χ3n) is 6.72. The Kier molecular flexibility index (Phi) is 7.00. The van der Waals surface area contributed by atoms with Gasteiger partial charge in [-0.05, 0) is 98.0 Å². The quantitative estimate of drug-likeness (QED) is 0.207. The van der Waals surface area contributed by atoms with Crippen molar-refractivity contribution in [3.05, 3.63) is 136 Å². The monoisotopic (exact) mass is 570 g/mol. The Morgan fingerprint density at radius 2 is 1.62 bits per heavy atom. The maximum Gasteiger partial charge on any atom is 0.174 e. The summed E-state index contributed by atoms with van der Waals surface area (Å²) in [4.78, 5) is 6.79. The van der Waals surface area contributed by atoms with Crippen LogP contribution in [-0.4, -0.2) is 14.7 Å². The number of benzene rings is 3. The van der Waals surface area contributed by atoms with E-state index in [1.165, 1.54) is 5.56 Å². The van der Waals surface area contributed by atoms with Crippen LogP contribution in [0.4, 0.5) is 5.69 Å². The minimum absolute atomic E-state index is 0.193. The highest BCUT2D eigenvalue weighted by Crippen LogP contribution is 2.43. The Bertz CT molecular complexity index is 1620.